The van der Waals surface area contributed by atoms with Gasteiger partial charge in [-0.3, -0.25) is 14.7 Å². The molecule has 2 saturated heterocycles. The van der Waals surface area contributed by atoms with Crippen LogP contribution in [-0.4, -0.2) is 81.8 Å². The second kappa shape index (κ2) is 9.52. The van der Waals surface area contributed by atoms with Crippen molar-refractivity contribution < 1.29 is 14.3 Å². The lowest BCUT2D eigenvalue weighted by molar-refractivity contribution is -0.145. The van der Waals surface area contributed by atoms with Gasteiger partial charge in [0.2, 0.25) is 0 Å². The summed E-state index contributed by atoms with van der Waals surface area (Å²) in [4.78, 5) is 22.4. The molecule has 2 aliphatic rings. The van der Waals surface area contributed by atoms with Gasteiger partial charge in [0.05, 0.1) is 32.3 Å². The molecule has 0 radical (unpaired) electrons. The number of nitrogens with zero attached hydrogens (tertiary/aromatic N) is 3. The van der Waals surface area contributed by atoms with E-state index in [2.05, 4.69) is 44.5 Å². The van der Waals surface area contributed by atoms with Gasteiger partial charge in [-0.2, -0.15) is 0 Å². The molecule has 0 spiro atoms. The van der Waals surface area contributed by atoms with E-state index >= 15 is 0 Å². The fraction of sp³-hybridized carbons (Fsp3) is 0.684. The number of ether oxygens (including phenoxy) is 2. The van der Waals surface area contributed by atoms with Gasteiger partial charge in [0.25, 0.3) is 0 Å². The minimum atomic E-state index is -0.134. The van der Waals surface area contributed by atoms with Crippen molar-refractivity contribution >= 4 is 23.3 Å². The van der Waals surface area contributed by atoms with E-state index in [1.165, 1.54) is 12.0 Å². The maximum absolute atomic E-state index is 12.0. The van der Waals surface area contributed by atoms with Crippen LogP contribution >= 0.6 is 11.3 Å². The number of thiophene rings is 1. The maximum Gasteiger partial charge on any atom is 0.310 e. The summed E-state index contributed by atoms with van der Waals surface area (Å²) in [5.41, 5.74) is 0. The number of hydrogen-bond acceptors (Lipinski definition) is 6. The van der Waals surface area contributed by atoms with Crippen LogP contribution in [0.4, 0.5) is 0 Å². The topological polar surface area (TPSA) is 66.4 Å². The molecule has 0 saturated carbocycles. The van der Waals surface area contributed by atoms with E-state index in [-0.39, 0.29) is 17.8 Å². The molecule has 0 aromatic carbocycles. The minimum absolute atomic E-state index is 0.0964. The minimum Gasteiger partial charge on any atom is -0.469 e. The number of carbonyl (C=O) groups is 1. The molecule has 0 bridgehead atoms. The fourth-order valence-electron chi connectivity index (χ4n) is 3.90. The highest BCUT2D eigenvalue weighted by atomic mass is 32.1. The quantitative estimate of drug-likeness (QED) is 0.463. The van der Waals surface area contributed by atoms with Crippen LogP contribution < -0.4 is 5.32 Å². The summed E-state index contributed by atoms with van der Waals surface area (Å²) in [5, 5.41) is 5.67. The average Bonchev–Trinajstić information content (AvgIpc) is 3.35. The summed E-state index contributed by atoms with van der Waals surface area (Å²) in [6.07, 6.45) is 0. The Morgan fingerprint density at radius 1 is 1.44 bits per heavy atom. The molecule has 2 aliphatic heterocycles. The third-order valence-electron chi connectivity index (χ3n) is 5.44. The van der Waals surface area contributed by atoms with Gasteiger partial charge in [0.15, 0.2) is 5.96 Å². The number of nitrogens with one attached hydrogen (secondary N) is 1. The van der Waals surface area contributed by atoms with Crippen LogP contribution in [0.3, 0.4) is 0 Å². The number of likely N-dealkylation sites (tertiary alicyclic amines) is 1. The highest BCUT2D eigenvalue weighted by molar-refractivity contribution is 7.10. The highest BCUT2D eigenvalue weighted by Crippen LogP contribution is 2.27. The molecule has 0 aliphatic carbocycles. The van der Waals surface area contributed by atoms with Crippen LogP contribution in [0.15, 0.2) is 22.5 Å². The fourth-order valence-corrected chi connectivity index (χ4v) is 4.76. The van der Waals surface area contributed by atoms with E-state index in [1.807, 2.05) is 0 Å². The van der Waals surface area contributed by atoms with E-state index < -0.39 is 0 Å². The van der Waals surface area contributed by atoms with Gasteiger partial charge in [-0.1, -0.05) is 13.0 Å². The normalized spacial score (nSPS) is 25.4. The van der Waals surface area contributed by atoms with E-state index in [0.717, 1.165) is 45.4 Å². The summed E-state index contributed by atoms with van der Waals surface area (Å²) < 4.78 is 10.5. The zero-order valence-electron chi connectivity index (χ0n) is 16.4. The number of hydrogen-bond donors (Lipinski definition) is 1. The number of guanidine groups is 1. The third-order valence-corrected chi connectivity index (χ3v) is 6.41. The third kappa shape index (κ3) is 4.80. The number of esters is 1. The van der Waals surface area contributed by atoms with Crippen molar-refractivity contribution in [2.75, 3.05) is 60.1 Å². The lowest BCUT2D eigenvalue weighted by Gasteiger charge is -2.35. The van der Waals surface area contributed by atoms with Crippen molar-refractivity contribution in [3.05, 3.63) is 22.4 Å². The van der Waals surface area contributed by atoms with E-state index in [9.17, 15) is 4.79 Å². The predicted octanol–water partition coefficient (Wildman–Crippen LogP) is 1.44. The van der Waals surface area contributed by atoms with Crippen LogP contribution in [-0.2, 0) is 14.3 Å². The van der Waals surface area contributed by atoms with Gasteiger partial charge in [-0.05, 0) is 17.4 Å². The summed E-state index contributed by atoms with van der Waals surface area (Å²) in [6, 6.07) is 4.59. The lowest BCUT2D eigenvalue weighted by Crippen LogP contribution is -2.47. The average molecular weight is 395 g/mol. The Balaban J connectivity index is 1.64. The molecule has 7 nitrogen and oxygen atoms in total. The summed E-state index contributed by atoms with van der Waals surface area (Å²) in [5.74, 6) is 0.873. The number of aliphatic imine (C=N–C) groups is 1. The number of morpholine rings is 1. The van der Waals surface area contributed by atoms with Crippen molar-refractivity contribution in [2.45, 2.75) is 13.0 Å². The standard InChI is InChI=1S/C19H30N4O3S/c1-14-12-23(13-15(14)18(24)25-3)19(20-2)21-11-16(17-5-4-10-27-17)22-6-8-26-9-7-22/h4-5,10,14-16H,6-9,11-13H2,1-3H3,(H,20,21). The Hall–Kier alpha value is -1.64. The largest absolute Gasteiger partial charge is 0.469 e. The molecular formula is C19H30N4O3S. The van der Waals surface area contributed by atoms with Gasteiger partial charge in [0.1, 0.15) is 0 Å². The van der Waals surface area contributed by atoms with Gasteiger partial charge in [-0.25, -0.2) is 0 Å². The first-order valence-electron chi connectivity index (χ1n) is 9.52. The molecule has 1 aromatic heterocycles. The summed E-state index contributed by atoms with van der Waals surface area (Å²) in [7, 11) is 3.26. The van der Waals surface area contributed by atoms with Crippen molar-refractivity contribution in [2.24, 2.45) is 16.8 Å². The van der Waals surface area contributed by atoms with Crippen molar-refractivity contribution in [1.29, 1.82) is 0 Å². The molecule has 1 aromatic rings. The molecule has 27 heavy (non-hydrogen) atoms. The Kier molecular flexibility index (Phi) is 7.09. The smallest absolute Gasteiger partial charge is 0.310 e. The number of rotatable bonds is 5. The molecular weight excluding hydrogens is 364 g/mol. The monoisotopic (exact) mass is 394 g/mol. The summed E-state index contributed by atoms with van der Waals surface area (Å²) in [6.45, 7) is 7.76. The zero-order valence-corrected chi connectivity index (χ0v) is 17.2. The van der Waals surface area contributed by atoms with Crippen LogP contribution in [0.1, 0.15) is 17.8 Å². The SMILES string of the molecule is CN=C(NCC(c1cccs1)N1CCOCC1)N1CC(C)C(C(=O)OC)C1. The second-order valence-electron chi connectivity index (χ2n) is 7.12. The van der Waals surface area contributed by atoms with Crippen molar-refractivity contribution in [3.8, 4) is 0 Å². The van der Waals surface area contributed by atoms with Crippen molar-refractivity contribution in [3.63, 3.8) is 0 Å². The Labute approximate surface area is 165 Å². The Bertz CT molecular complexity index is 631. The summed E-state index contributed by atoms with van der Waals surface area (Å²) >= 11 is 1.79. The molecule has 8 heteroatoms. The van der Waals surface area contributed by atoms with Gasteiger partial charge < -0.3 is 19.7 Å². The Morgan fingerprint density at radius 2 is 2.22 bits per heavy atom. The van der Waals surface area contributed by atoms with Crippen LogP contribution in [0.5, 0.6) is 0 Å². The first-order valence-corrected chi connectivity index (χ1v) is 10.4. The molecule has 150 valence electrons. The van der Waals surface area contributed by atoms with Crippen molar-refractivity contribution in [1.82, 2.24) is 15.1 Å². The number of carbonyl (C=O) groups excluding carboxylic acids is 1. The molecule has 3 unspecified atom stereocenters. The van der Waals surface area contributed by atoms with Crippen LogP contribution in [0.25, 0.3) is 0 Å². The van der Waals surface area contributed by atoms with E-state index in [1.54, 1.807) is 18.4 Å². The predicted molar refractivity (Wildman–Crippen MR) is 107 cm³/mol. The molecule has 2 fully saturated rings. The van der Waals surface area contributed by atoms with E-state index in [0.29, 0.717) is 12.6 Å². The van der Waals surface area contributed by atoms with Gasteiger partial charge in [-0.15, -0.1) is 11.3 Å². The molecule has 3 atom stereocenters. The molecule has 0 amide bonds. The van der Waals surface area contributed by atoms with Gasteiger partial charge >= 0.3 is 5.97 Å². The molecule has 1 N–H and O–H groups in total. The highest BCUT2D eigenvalue weighted by Gasteiger charge is 2.37. The first kappa shape index (κ1) is 20.1. The second-order valence-corrected chi connectivity index (χ2v) is 8.10. The van der Waals surface area contributed by atoms with E-state index in [4.69, 9.17) is 9.47 Å². The lowest BCUT2D eigenvalue weighted by atomic mass is 9.99. The van der Waals surface area contributed by atoms with Crippen LogP contribution in [0, 0.1) is 11.8 Å². The van der Waals surface area contributed by atoms with Crippen LogP contribution in [0.2, 0.25) is 0 Å². The number of methoxy groups -OCH3 is 1. The molecule has 3 heterocycles. The maximum atomic E-state index is 12.0. The molecule has 3 rings (SSSR count). The Morgan fingerprint density at radius 3 is 2.85 bits per heavy atom. The first-order chi connectivity index (χ1) is 13.1. The van der Waals surface area contributed by atoms with Gasteiger partial charge in [0, 0.05) is 44.6 Å². The zero-order chi connectivity index (χ0) is 19.2.